The van der Waals surface area contributed by atoms with Crippen LogP contribution in [-0.4, -0.2) is 24.2 Å². The van der Waals surface area contributed by atoms with Gasteiger partial charge in [0.2, 0.25) is 0 Å². The first-order valence-electron chi connectivity index (χ1n) is 9.50. The molecule has 0 aliphatic heterocycles. The summed E-state index contributed by atoms with van der Waals surface area (Å²) >= 11 is 0. The highest BCUT2D eigenvalue weighted by atomic mass is 16.5. The SMILES string of the molecule is CCCC[C@@](C)(OCC)C(=O)Nc1cc(C)c(O[C@H](C)CC)c(C)c1. The average Bonchev–Trinajstić information content (AvgIpc) is 2.56. The van der Waals surface area contributed by atoms with Crippen molar-refractivity contribution in [1.29, 1.82) is 0 Å². The highest BCUT2D eigenvalue weighted by molar-refractivity contribution is 5.97. The number of hydrogen-bond acceptors (Lipinski definition) is 3. The Morgan fingerprint density at radius 3 is 2.28 bits per heavy atom. The Hall–Kier alpha value is -1.55. The predicted octanol–water partition coefficient (Wildman–Crippen LogP) is 5.40. The van der Waals surface area contributed by atoms with Gasteiger partial charge in [-0.15, -0.1) is 0 Å². The van der Waals surface area contributed by atoms with E-state index in [1.165, 1.54) is 0 Å². The topological polar surface area (TPSA) is 47.6 Å². The summed E-state index contributed by atoms with van der Waals surface area (Å²) in [7, 11) is 0. The lowest BCUT2D eigenvalue weighted by Gasteiger charge is -2.28. The van der Waals surface area contributed by atoms with Crippen LogP contribution in [-0.2, 0) is 9.53 Å². The van der Waals surface area contributed by atoms with Gasteiger partial charge in [-0.25, -0.2) is 0 Å². The minimum atomic E-state index is -0.793. The molecule has 1 rings (SSSR count). The number of anilines is 1. The van der Waals surface area contributed by atoms with Gasteiger partial charge in [-0.3, -0.25) is 4.79 Å². The molecular weight excluding hydrogens is 314 g/mol. The van der Waals surface area contributed by atoms with Crippen molar-refractivity contribution in [3.8, 4) is 5.75 Å². The summed E-state index contributed by atoms with van der Waals surface area (Å²) in [4.78, 5) is 12.8. The highest BCUT2D eigenvalue weighted by Crippen LogP contribution is 2.29. The fourth-order valence-electron chi connectivity index (χ4n) is 2.84. The number of carbonyl (C=O) groups excluding carboxylic acids is 1. The number of rotatable bonds is 10. The van der Waals surface area contributed by atoms with E-state index in [9.17, 15) is 4.79 Å². The Kier molecular flexibility index (Phi) is 8.43. The molecule has 0 saturated carbocycles. The van der Waals surface area contributed by atoms with Crippen LogP contribution in [0.25, 0.3) is 0 Å². The van der Waals surface area contributed by atoms with Gasteiger partial charge in [0, 0.05) is 12.3 Å². The molecule has 1 N–H and O–H groups in total. The first-order chi connectivity index (χ1) is 11.8. The molecule has 4 nitrogen and oxygen atoms in total. The quantitative estimate of drug-likeness (QED) is 0.615. The van der Waals surface area contributed by atoms with E-state index in [0.29, 0.717) is 6.61 Å². The Labute approximate surface area is 153 Å². The van der Waals surface area contributed by atoms with E-state index >= 15 is 0 Å². The van der Waals surface area contributed by atoms with Crippen molar-refractivity contribution in [2.24, 2.45) is 0 Å². The molecule has 0 aliphatic rings. The second-order valence-electron chi connectivity index (χ2n) is 7.00. The van der Waals surface area contributed by atoms with Crippen molar-refractivity contribution < 1.29 is 14.3 Å². The number of unbranched alkanes of at least 4 members (excludes halogenated alkanes) is 1. The van der Waals surface area contributed by atoms with Gasteiger partial charge in [-0.05, 0) is 70.7 Å². The van der Waals surface area contributed by atoms with Crippen LogP contribution in [0, 0.1) is 13.8 Å². The van der Waals surface area contributed by atoms with Gasteiger partial charge in [0.25, 0.3) is 5.91 Å². The molecule has 1 aromatic carbocycles. The normalized spacial score (nSPS) is 14.7. The fourth-order valence-corrected chi connectivity index (χ4v) is 2.84. The number of ether oxygens (including phenoxy) is 2. The number of carbonyl (C=O) groups is 1. The second-order valence-corrected chi connectivity index (χ2v) is 7.00. The summed E-state index contributed by atoms with van der Waals surface area (Å²) in [6, 6.07) is 3.93. The van der Waals surface area contributed by atoms with Gasteiger partial charge in [0.1, 0.15) is 11.4 Å². The minimum absolute atomic E-state index is 0.0859. The lowest BCUT2D eigenvalue weighted by atomic mass is 9.97. The molecule has 0 unspecified atom stereocenters. The zero-order valence-electron chi connectivity index (χ0n) is 17.0. The Morgan fingerprint density at radius 2 is 1.80 bits per heavy atom. The van der Waals surface area contributed by atoms with Crippen LogP contribution >= 0.6 is 0 Å². The number of aryl methyl sites for hydroxylation is 2. The fraction of sp³-hybridized carbons (Fsp3) is 0.667. The van der Waals surface area contributed by atoms with Crippen molar-refractivity contribution in [2.75, 3.05) is 11.9 Å². The molecular formula is C21H35NO3. The molecule has 0 bridgehead atoms. The molecule has 0 saturated heterocycles. The third kappa shape index (κ3) is 6.03. The summed E-state index contributed by atoms with van der Waals surface area (Å²) in [5.41, 5.74) is 2.06. The van der Waals surface area contributed by atoms with E-state index in [4.69, 9.17) is 9.47 Å². The molecule has 142 valence electrons. The summed E-state index contributed by atoms with van der Waals surface area (Å²) in [5.74, 6) is 0.822. The van der Waals surface area contributed by atoms with E-state index in [1.807, 2.05) is 39.8 Å². The van der Waals surface area contributed by atoms with Crippen LogP contribution in [0.5, 0.6) is 5.75 Å². The van der Waals surface area contributed by atoms with Crippen molar-refractivity contribution >= 4 is 11.6 Å². The summed E-state index contributed by atoms with van der Waals surface area (Å²) in [5, 5.41) is 3.03. The Bertz CT molecular complexity index is 547. The van der Waals surface area contributed by atoms with E-state index in [-0.39, 0.29) is 12.0 Å². The van der Waals surface area contributed by atoms with Crippen LogP contribution in [0.2, 0.25) is 0 Å². The predicted molar refractivity (Wildman–Crippen MR) is 104 cm³/mol. The molecule has 4 heteroatoms. The van der Waals surface area contributed by atoms with Crippen LogP contribution in [0.15, 0.2) is 12.1 Å². The van der Waals surface area contributed by atoms with Gasteiger partial charge in [0.15, 0.2) is 0 Å². The van der Waals surface area contributed by atoms with Crippen molar-refractivity contribution in [2.45, 2.75) is 85.9 Å². The number of benzene rings is 1. The van der Waals surface area contributed by atoms with Crippen molar-refractivity contribution in [3.05, 3.63) is 23.3 Å². The Balaban J connectivity index is 2.96. The highest BCUT2D eigenvalue weighted by Gasteiger charge is 2.33. The third-order valence-electron chi connectivity index (χ3n) is 4.56. The molecule has 0 spiro atoms. The molecule has 0 aliphatic carbocycles. The van der Waals surface area contributed by atoms with E-state index in [2.05, 4.69) is 26.1 Å². The second kappa shape index (κ2) is 9.81. The standard InChI is InChI=1S/C21H35NO3/c1-8-11-12-21(7,24-10-3)20(23)22-18-13-15(4)19(16(5)14-18)25-17(6)9-2/h13-14,17H,8-12H2,1-7H3,(H,22,23)/t17-,21-/m1/s1. The Morgan fingerprint density at radius 1 is 1.20 bits per heavy atom. The monoisotopic (exact) mass is 349 g/mol. The maximum atomic E-state index is 12.8. The van der Waals surface area contributed by atoms with Crippen LogP contribution in [0.4, 0.5) is 5.69 Å². The summed E-state index contributed by atoms with van der Waals surface area (Å²) < 4.78 is 11.8. The molecule has 0 aromatic heterocycles. The zero-order valence-corrected chi connectivity index (χ0v) is 17.0. The maximum Gasteiger partial charge on any atom is 0.256 e. The summed E-state index contributed by atoms with van der Waals surface area (Å²) in [6.45, 7) is 14.6. The summed E-state index contributed by atoms with van der Waals surface area (Å²) in [6.07, 6.45) is 3.85. The van der Waals surface area contributed by atoms with E-state index < -0.39 is 5.60 Å². The number of hydrogen-bond donors (Lipinski definition) is 1. The van der Waals surface area contributed by atoms with Crippen LogP contribution in [0.3, 0.4) is 0 Å². The van der Waals surface area contributed by atoms with Crippen molar-refractivity contribution in [1.82, 2.24) is 0 Å². The maximum absolute atomic E-state index is 12.8. The van der Waals surface area contributed by atoms with E-state index in [0.717, 1.165) is 48.2 Å². The molecule has 0 heterocycles. The lowest BCUT2D eigenvalue weighted by molar-refractivity contribution is -0.139. The van der Waals surface area contributed by atoms with Gasteiger partial charge < -0.3 is 14.8 Å². The number of amides is 1. The van der Waals surface area contributed by atoms with Crippen molar-refractivity contribution in [3.63, 3.8) is 0 Å². The number of nitrogens with one attached hydrogen (secondary N) is 1. The first kappa shape index (κ1) is 21.5. The molecule has 1 aromatic rings. The zero-order chi connectivity index (χ0) is 19.0. The van der Waals surface area contributed by atoms with Gasteiger partial charge in [-0.2, -0.15) is 0 Å². The molecule has 1 amide bonds. The van der Waals surface area contributed by atoms with Crippen LogP contribution in [0.1, 0.15) is 71.4 Å². The van der Waals surface area contributed by atoms with Gasteiger partial charge >= 0.3 is 0 Å². The smallest absolute Gasteiger partial charge is 0.256 e. The van der Waals surface area contributed by atoms with Crippen LogP contribution < -0.4 is 10.1 Å². The lowest BCUT2D eigenvalue weighted by Crippen LogP contribution is -2.42. The molecule has 0 radical (unpaired) electrons. The molecule has 2 atom stereocenters. The third-order valence-corrected chi connectivity index (χ3v) is 4.56. The largest absolute Gasteiger partial charge is 0.490 e. The van der Waals surface area contributed by atoms with E-state index in [1.54, 1.807) is 0 Å². The first-order valence-corrected chi connectivity index (χ1v) is 9.50. The molecule has 0 fully saturated rings. The minimum Gasteiger partial charge on any atom is -0.490 e. The van der Waals surface area contributed by atoms with Gasteiger partial charge in [-0.1, -0.05) is 26.7 Å². The molecule has 25 heavy (non-hydrogen) atoms. The van der Waals surface area contributed by atoms with Gasteiger partial charge in [0.05, 0.1) is 6.10 Å². The average molecular weight is 350 g/mol.